The number of esters is 2. The minimum Gasteiger partial charge on any atom is -0.462 e. The third-order valence-electron chi connectivity index (χ3n) is 7.75. The molecule has 318 valence electrons. The number of aliphatic hydroxyl groups excluding tert-OH is 2. The van der Waals surface area contributed by atoms with Gasteiger partial charge in [0.15, 0.2) is 6.10 Å². The average Bonchev–Trinajstić information content (AvgIpc) is 3.12. The van der Waals surface area contributed by atoms with Crippen LogP contribution in [0.4, 0.5) is 0 Å². The van der Waals surface area contributed by atoms with E-state index in [9.17, 15) is 33.8 Å². The summed E-state index contributed by atoms with van der Waals surface area (Å²) in [5, 5.41) is 19.2. The fraction of sp³-hybridized carbons (Fsp3) is 0.692. The Bertz CT molecular complexity index is 1240. The van der Waals surface area contributed by atoms with Crippen LogP contribution < -0.4 is 0 Å². The topological polar surface area (TPSA) is 216 Å². The van der Waals surface area contributed by atoms with E-state index in [0.29, 0.717) is 31.6 Å². The average molecular weight is 823 g/mol. The van der Waals surface area contributed by atoms with Crippen LogP contribution in [0.1, 0.15) is 124 Å². The normalized spacial score (nSPS) is 15.5. The van der Waals surface area contributed by atoms with Gasteiger partial charge in [-0.25, -0.2) is 9.13 Å². The van der Waals surface area contributed by atoms with E-state index in [-0.39, 0.29) is 12.8 Å². The number of unbranched alkanes of at least 4 members (excludes halogenated alkanes) is 7. The SMILES string of the molecule is CC[C@@H](O)/C=C/C=C\C/C=C\C/C=C\C/C=C\CCCC(=O)O[C@H](COC(=O)CCCCCCCCCC(C)C)COP(=O)(O)OC[C@@H](O)COP(=O)(O)O. The lowest BCUT2D eigenvalue weighted by atomic mass is 10.0. The van der Waals surface area contributed by atoms with Gasteiger partial charge >= 0.3 is 27.6 Å². The summed E-state index contributed by atoms with van der Waals surface area (Å²) in [5.41, 5.74) is 0. The number of phosphoric acid groups is 2. The maximum Gasteiger partial charge on any atom is 0.472 e. The minimum absolute atomic E-state index is 0.0371. The van der Waals surface area contributed by atoms with Crippen molar-refractivity contribution in [3.63, 3.8) is 0 Å². The summed E-state index contributed by atoms with van der Waals surface area (Å²) in [5.74, 6) is -0.413. The summed E-state index contributed by atoms with van der Waals surface area (Å²) in [6.45, 7) is 3.55. The zero-order valence-corrected chi connectivity index (χ0v) is 34.8. The molecule has 0 heterocycles. The van der Waals surface area contributed by atoms with E-state index in [1.165, 1.54) is 25.7 Å². The molecule has 5 N–H and O–H groups in total. The standard InChI is InChI=1S/C39H68O14P2/c1-4-35(40)27-23-19-15-11-9-7-5-6-8-10-12-16-21-25-29-39(43)53-37(33-52-55(47,48)51-31-36(41)30-50-54(44,45)46)32-49-38(42)28-24-20-17-13-14-18-22-26-34(2)3/h6-9,12,15-16,19,23,27,34-37,40-41H,4-5,10-11,13-14,17-18,20-22,24-26,28-33H2,1-3H3,(H,47,48)(H2,44,45,46)/b8-6-,9-7-,16-12-,19-15-,27-23+/t35-,36+,37-/m1/s1. The molecule has 0 spiro atoms. The van der Waals surface area contributed by atoms with Crippen molar-refractivity contribution in [3.8, 4) is 0 Å². The monoisotopic (exact) mass is 822 g/mol. The Labute approximate surface area is 328 Å². The Morgan fingerprint density at radius 3 is 1.80 bits per heavy atom. The summed E-state index contributed by atoms with van der Waals surface area (Å²) in [7, 11) is -9.70. The Kier molecular flexibility index (Phi) is 32.5. The van der Waals surface area contributed by atoms with Gasteiger partial charge in [0.25, 0.3) is 0 Å². The molecule has 0 saturated heterocycles. The molecule has 0 aromatic heterocycles. The van der Waals surface area contributed by atoms with Crippen LogP contribution in [-0.4, -0.2) is 81.6 Å². The second-order valence-corrected chi connectivity index (χ2v) is 16.2. The molecule has 1 unspecified atom stereocenters. The van der Waals surface area contributed by atoms with Gasteiger partial charge in [0.05, 0.1) is 25.9 Å². The molecule has 0 aliphatic carbocycles. The first-order valence-corrected chi connectivity index (χ1v) is 22.5. The summed E-state index contributed by atoms with van der Waals surface area (Å²) in [6.07, 6.45) is 29.3. The molecule has 0 rings (SSSR count). The van der Waals surface area contributed by atoms with Crippen LogP contribution in [0.2, 0.25) is 0 Å². The highest BCUT2D eigenvalue weighted by molar-refractivity contribution is 7.47. The van der Waals surface area contributed by atoms with Crippen molar-refractivity contribution < 1.29 is 66.7 Å². The molecule has 0 aliphatic heterocycles. The lowest BCUT2D eigenvalue weighted by molar-refractivity contribution is -0.161. The number of carbonyl (C=O) groups is 2. The van der Waals surface area contributed by atoms with Crippen LogP contribution in [-0.2, 0) is 41.8 Å². The summed E-state index contributed by atoms with van der Waals surface area (Å²) in [6, 6.07) is 0. The fourth-order valence-corrected chi connectivity index (χ4v) is 5.79. The Morgan fingerprint density at radius 1 is 0.636 bits per heavy atom. The molecule has 16 heteroatoms. The maximum atomic E-state index is 12.6. The highest BCUT2D eigenvalue weighted by atomic mass is 31.2. The fourth-order valence-electron chi connectivity index (χ4n) is 4.64. The lowest BCUT2D eigenvalue weighted by Gasteiger charge is -2.20. The number of hydrogen-bond donors (Lipinski definition) is 5. The van der Waals surface area contributed by atoms with Crippen molar-refractivity contribution in [1.29, 1.82) is 0 Å². The summed E-state index contributed by atoms with van der Waals surface area (Å²) >= 11 is 0. The summed E-state index contributed by atoms with van der Waals surface area (Å²) in [4.78, 5) is 52.4. The maximum absolute atomic E-state index is 12.6. The van der Waals surface area contributed by atoms with E-state index in [0.717, 1.165) is 38.5 Å². The van der Waals surface area contributed by atoms with Crippen LogP contribution in [0, 0.1) is 5.92 Å². The first-order valence-electron chi connectivity index (χ1n) is 19.4. The molecule has 0 saturated carbocycles. The molecular formula is C39H68O14P2. The lowest BCUT2D eigenvalue weighted by Crippen LogP contribution is -2.29. The second-order valence-electron chi connectivity index (χ2n) is 13.5. The highest BCUT2D eigenvalue weighted by Gasteiger charge is 2.28. The van der Waals surface area contributed by atoms with Crippen molar-refractivity contribution in [1.82, 2.24) is 0 Å². The van der Waals surface area contributed by atoms with Gasteiger partial charge in [-0.1, -0.05) is 126 Å². The molecule has 0 aliphatic rings. The van der Waals surface area contributed by atoms with E-state index in [1.807, 2.05) is 43.4 Å². The number of aliphatic hydroxyl groups is 2. The highest BCUT2D eigenvalue weighted by Crippen LogP contribution is 2.43. The van der Waals surface area contributed by atoms with Crippen LogP contribution in [0.3, 0.4) is 0 Å². The number of phosphoric ester groups is 2. The van der Waals surface area contributed by atoms with Gasteiger partial charge in [-0.3, -0.25) is 23.2 Å². The smallest absolute Gasteiger partial charge is 0.462 e. The van der Waals surface area contributed by atoms with Crippen LogP contribution in [0.25, 0.3) is 0 Å². The zero-order valence-electron chi connectivity index (χ0n) is 33.0. The quantitative estimate of drug-likeness (QED) is 0.0134. The van der Waals surface area contributed by atoms with Crippen LogP contribution >= 0.6 is 15.6 Å². The number of rotatable bonds is 35. The molecule has 0 fully saturated rings. The molecular weight excluding hydrogens is 754 g/mol. The first kappa shape index (κ1) is 52.8. The van der Waals surface area contributed by atoms with E-state index < -0.39 is 72.3 Å². The van der Waals surface area contributed by atoms with Crippen molar-refractivity contribution >= 4 is 27.6 Å². The Hall–Kier alpha value is -2.22. The van der Waals surface area contributed by atoms with Crippen molar-refractivity contribution in [2.75, 3.05) is 26.4 Å². The Balaban J connectivity index is 4.70. The van der Waals surface area contributed by atoms with Crippen molar-refractivity contribution in [3.05, 3.63) is 60.8 Å². The largest absolute Gasteiger partial charge is 0.472 e. The number of carbonyl (C=O) groups excluding carboxylic acids is 2. The van der Waals surface area contributed by atoms with Crippen LogP contribution in [0.15, 0.2) is 60.8 Å². The molecule has 0 amide bonds. The van der Waals surface area contributed by atoms with Gasteiger partial charge in [-0.05, 0) is 50.9 Å². The van der Waals surface area contributed by atoms with Crippen LogP contribution in [0.5, 0.6) is 0 Å². The van der Waals surface area contributed by atoms with Gasteiger partial charge in [0, 0.05) is 12.8 Å². The number of hydrogen-bond acceptors (Lipinski definition) is 11. The van der Waals surface area contributed by atoms with E-state index in [4.69, 9.17) is 23.8 Å². The van der Waals surface area contributed by atoms with E-state index in [1.54, 1.807) is 6.08 Å². The molecule has 0 aromatic carbocycles. The van der Waals surface area contributed by atoms with Gasteiger partial charge in [0.2, 0.25) is 0 Å². The molecule has 0 bridgehead atoms. The Morgan fingerprint density at radius 2 is 1.18 bits per heavy atom. The molecule has 14 nitrogen and oxygen atoms in total. The third-order valence-corrected chi connectivity index (χ3v) is 9.18. The van der Waals surface area contributed by atoms with Gasteiger partial charge in [-0.2, -0.15) is 0 Å². The van der Waals surface area contributed by atoms with Crippen molar-refractivity contribution in [2.45, 2.75) is 142 Å². The molecule has 0 aromatic rings. The molecule has 0 radical (unpaired) electrons. The second kappa shape index (κ2) is 33.9. The van der Waals surface area contributed by atoms with Gasteiger partial charge in [0.1, 0.15) is 12.7 Å². The first-order chi connectivity index (χ1) is 26.1. The predicted molar refractivity (Wildman–Crippen MR) is 213 cm³/mol. The minimum atomic E-state index is -4.87. The molecule has 55 heavy (non-hydrogen) atoms. The van der Waals surface area contributed by atoms with Gasteiger partial charge in [-0.15, -0.1) is 0 Å². The number of allylic oxidation sites excluding steroid dienone is 9. The predicted octanol–water partition coefficient (Wildman–Crippen LogP) is 8.10. The van der Waals surface area contributed by atoms with Crippen molar-refractivity contribution in [2.24, 2.45) is 5.92 Å². The number of ether oxygens (including phenoxy) is 2. The zero-order chi connectivity index (χ0) is 41.2. The third kappa shape index (κ3) is 38.4. The van der Waals surface area contributed by atoms with Gasteiger partial charge < -0.3 is 34.4 Å². The van der Waals surface area contributed by atoms with E-state index in [2.05, 4.69) is 41.1 Å². The summed E-state index contributed by atoms with van der Waals surface area (Å²) < 4.78 is 47.5. The molecule has 4 atom stereocenters. The van der Waals surface area contributed by atoms with E-state index >= 15 is 0 Å².